The van der Waals surface area contributed by atoms with Crippen LogP contribution in [-0.4, -0.2) is 44.7 Å². The van der Waals surface area contributed by atoms with E-state index in [4.69, 9.17) is 14.2 Å². The molecular weight excluding hydrogens is 306 g/mol. The largest absolute Gasteiger partial charge is 0.496 e. The van der Waals surface area contributed by atoms with Gasteiger partial charge in [0.25, 0.3) is 5.91 Å². The molecule has 1 heterocycles. The van der Waals surface area contributed by atoms with Gasteiger partial charge in [-0.05, 0) is 17.7 Å². The number of methoxy groups -OCH3 is 2. The van der Waals surface area contributed by atoms with Crippen LogP contribution < -0.4 is 9.47 Å². The summed E-state index contributed by atoms with van der Waals surface area (Å²) in [4.78, 5) is 14.8. The molecule has 0 aliphatic carbocycles. The molecule has 0 spiro atoms. The molecule has 1 amide bonds. The Kier molecular flexibility index (Phi) is 5.01. The van der Waals surface area contributed by atoms with Crippen LogP contribution in [0.3, 0.4) is 0 Å². The van der Waals surface area contributed by atoms with Crippen molar-refractivity contribution in [1.82, 2.24) is 4.90 Å². The van der Waals surface area contributed by atoms with E-state index < -0.39 is 0 Å². The van der Waals surface area contributed by atoms with Crippen LogP contribution in [0.1, 0.15) is 22.0 Å². The molecule has 1 saturated heterocycles. The summed E-state index contributed by atoms with van der Waals surface area (Å²) in [5.41, 5.74) is 1.53. The molecule has 0 unspecified atom stereocenters. The van der Waals surface area contributed by atoms with Gasteiger partial charge in [0, 0.05) is 6.54 Å². The molecule has 24 heavy (non-hydrogen) atoms. The number of morpholine rings is 1. The van der Waals surface area contributed by atoms with E-state index in [0.717, 1.165) is 5.56 Å². The number of hydrogen-bond acceptors (Lipinski definition) is 4. The highest BCUT2D eigenvalue weighted by atomic mass is 16.5. The van der Waals surface area contributed by atoms with Crippen molar-refractivity contribution in [1.29, 1.82) is 0 Å². The van der Waals surface area contributed by atoms with Crippen LogP contribution in [0.25, 0.3) is 0 Å². The van der Waals surface area contributed by atoms with Gasteiger partial charge in [-0.2, -0.15) is 0 Å². The van der Waals surface area contributed by atoms with Crippen molar-refractivity contribution in [3.05, 3.63) is 59.7 Å². The van der Waals surface area contributed by atoms with E-state index in [1.807, 2.05) is 30.3 Å². The van der Waals surface area contributed by atoms with Gasteiger partial charge in [0.2, 0.25) is 0 Å². The average molecular weight is 327 g/mol. The first kappa shape index (κ1) is 16.3. The highest BCUT2D eigenvalue weighted by Crippen LogP contribution is 2.31. The average Bonchev–Trinajstić information content (AvgIpc) is 2.67. The highest BCUT2D eigenvalue weighted by molar-refractivity contribution is 5.99. The molecule has 0 N–H and O–H groups in total. The Morgan fingerprint density at radius 1 is 1.04 bits per heavy atom. The summed E-state index contributed by atoms with van der Waals surface area (Å²) < 4.78 is 16.5. The van der Waals surface area contributed by atoms with E-state index in [0.29, 0.717) is 36.8 Å². The van der Waals surface area contributed by atoms with Gasteiger partial charge in [0.1, 0.15) is 23.2 Å². The van der Waals surface area contributed by atoms with Crippen LogP contribution in [0.4, 0.5) is 0 Å². The molecule has 3 rings (SSSR count). The van der Waals surface area contributed by atoms with E-state index in [1.54, 1.807) is 37.3 Å². The summed E-state index contributed by atoms with van der Waals surface area (Å²) >= 11 is 0. The topological polar surface area (TPSA) is 48.0 Å². The molecule has 0 saturated carbocycles. The summed E-state index contributed by atoms with van der Waals surface area (Å²) in [5, 5.41) is 0. The molecule has 5 heteroatoms. The lowest BCUT2D eigenvalue weighted by atomic mass is 10.1. The Morgan fingerprint density at radius 3 is 2.33 bits per heavy atom. The Balaban J connectivity index is 1.85. The van der Waals surface area contributed by atoms with E-state index in [2.05, 4.69) is 0 Å². The van der Waals surface area contributed by atoms with Gasteiger partial charge in [-0.1, -0.05) is 36.4 Å². The number of nitrogens with zero attached hydrogens (tertiary/aromatic N) is 1. The van der Waals surface area contributed by atoms with Gasteiger partial charge in [-0.3, -0.25) is 4.79 Å². The maximum absolute atomic E-state index is 13.0. The SMILES string of the molecule is COc1cccc(OC)c1C(=O)N1CCO[C@H](c2ccccc2)C1. The fourth-order valence-electron chi connectivity index (χ4n) is 2.92. The van der Waals surface area contributed by atoms with Crippen molar-refractivity contribution in [3.63, 3.8) is 0 Å². The summed E-state index contributed by atoms with van der Waals surface area (Å²) in [5.74, 6) is 0.928. The number of ether oxygens (including phenoxy) is 3. The number of carbonyl (C=O) groups excluding carboxylic acids is 1. The third-order valence-electron chi connectivity index (χ3n) is 4.17. The van der Waals surface area contributed by atoms with Crippen LogP contribution in [0.2, 0.25) is 0 Å². The van der Waals surface area contributed by atoms with Crippen molar-refractivity contribution in [2.75, 3.05) is 33.9 Å². The second kappa shape index (κ2) is 7.36. The number of hydrogen-bond donors (Lipinski definition) is 0. The van der Waals surface area contributed by atoms with Gasteiger partial charge in [0.15, 0.2) is 0 Å². The van der Waals surface area contributed by atoms with Gasteiger partial charge in [0.05, 0.1) is 27.4 Å². The quantitative estimate of drug-likeness (QED) is 0.866. The second-order valence-corrected chi connectivity index (χ2v) is 5.56. The zero-order valence-corrected chi connectivity index (χ0v) is 13.9. The minimum absolute atomic E-state index is 0.103. The molecule has 1 aliphatic heterocycles. The Bertz CT molecular complexity index is 680. The smallest absolute Gasteiger partial charge is 0.261 e. The maximum atomic E-state index is 13.0. The van der Waals surface area contributed by atoms with Crippen LogP contribution in [0.15, 0.2) is 48.5 Å². The lowest BCUT2D eigenvalue weighted by molar-refractivity contribution is -0.0230. The van der Waals surface area contributed by atoms with Gasteiger partial charge in [-0.15, -0.1) is 0 Å². The third kappa shape index (κ3) is 3.21. The van der Waals surface area contributed by atoms with Crippen molar-refractivity contribution in [2.45, 2.75) is 6.10 Å². The van der Waals surface area contributed by atoms with E-state index in [1.165, 1.54) is 0 Å². The molecule has 0 radical (unpaired) electrons. The van der Waals surface area contributed by atoms with Crippen LogP contribution in [0.5, 0.6) is 11.5 Å². The van der Waals surface area contributed by atoms with Crippen molar-refractivity contribution in [3.8, 4) is 11.5 Å². The van der Waals surface area contributed by atoms with E-state index in [-0.39, 0.29) is 12.0 Å². The molecule has 5 nitrogen and oxygen atoms in total. The lowest BCUT2D eigenvalue weighted by Crippen LogP contribution is -2.42. The fourth-order valence-corrected chi connectivity index (χ4v) is 2.92. The number of carbonyl (C=O) groups is 1. The minimum Gasteiger partial charge on any atom is -0.496 e. The molecule has 2 aromatic rings. The lowest BCUT2D eigenvalue weighted by Gasteiger charge is -2.33. The zero-order valence-electron chi connectivity index (χ0n) is 13.9. The Morgan fingerprint density at radius 2 is 1.71 bits per heavy atom. The van der Waals surface area contributed by atoms with Crippen molar-refractivity contribution < 1.29 is 19.0 Å². The normalized spacial score (nSPS) is 17.4. The highest BCUT2D eigenvalue weighted by Gasteiger charge is 2.29. The Labute approximate surface area is 141 Å². The minimum atomic E-state index is -0.121. The predicted molar refractivity (Wildman–Crippen MR) is 90.6 cm³/mol. The number of benzene rings is 2. The first-order chi connectivity index (χ1) is 11.7. The molecule has 0 bridgehead atoms. The third-order valence-corrected chi connectivity index (χ3v) is 4.17. The molecule has 1 aliphatic rings. The maximum Gasteiger partial charge on any atom is 0.261 e. The monoisotopic (exact) mass is 327 g/mol. The molecule has 1 atom stereocenters. The zero-order chi connectivity index (χ0) is 16.9. The number of amides is 1. The summed E-state index contributed by atoms with van der Waals surface area (Å²) in [7, 11) is 3.11. The predicted octanol–water partition coefficient (Wildman–Crippen LogP) is 2.92. The van der Waals surface area contributed by atoms with Crippen molar-refractivity contribution in [2.24, 2.45) is 0 Å². The van der Waals surface area contributed by atoms with E-state index in [9.17, 15) is 4.79 Å². The first-order valence-electron chi connectivity index (χ1n) is 7.91. The fraction of sp³-hybridized carbons (Fsp3) is 0.316. The summed E-state index contributed by atoms with van der Waals surface area (Å²) in [6.07, 6.45) is -0.121. The first-order valence-corrected chi connectivity index (χ1v) is 7.91. The van der Waals surface area contributed by atoms with Gasteiger partial charge in [-0.25, -0.2) is 0 Å². The van der Waals surface area contributed by atoms with Crippen LogP contribution in [-0.2, 0) is 4.74 Å². The molecule has 2 aromatic carbocycles. The standard InChI is InChI=1S/C19H21NO4/c1-22-15-9-6-10-16(23-2)18(15)19(21)20-11-12-24-17(13-20)14-7-4-3-5-8-14/h3-10,17H,11-13H2,1-2H3/t17-/m0/s1. The second-order valence-electron chi connectivity index (χ2n) is 5.56. The summed E-state index contributed by atoms with van der Waals surface area (Å²) in [6, 6.07) is 15.3. The molecule has 0 aromatic heterocycles. The van der Waals surface area contributed by atoms with Crippen molar-refractivity contribution >= 4 is 5.91 Å². The van der Waals surface area contributed by atoms with Gasteiger partial charge >= 0.3 is 0 Å². The van der Waals surface area contributed by atoms with Crippen LogP contribution >= 0.6 is 0 Å². The molecular formula is C19H21NO4. The van der Waals surface area contributed by atoms with E-state index >= 15 is 0 Å². The number of rotatable bonds is 4. The summed E-state index contributed by atoms with van der Waals surface area (Å²) in [6.45, 7) is 1.55. The Hall–Kier alpha value is -2.53. The van der Waals surface area contributed by atoms with Gasteiger partial charge < -0.3 is 19.1 Å². The molecule has 1 fully saturated rings. The molecule has 126 valence electrons. The van der Waals surface area contributed by atoms with Crippen LogP contribution in [0, 0.1) is 0 Å².